The Bertz CT molecular complexity index is 1340. The number of hydrogen-bond donors (Lipinski definition) is 4. The summed E-state index contributed by atoms with van der Waals surface area (Å²) in [6.45, 7) is -0.0354. The summed E-state index contributed by atoms with van der Waals surface area (Å²) < 4.78 is 0. The number of nitrogens with zero attached hydrogens (tertiary/aromatic N) is 6. The molecule has 0 aliphatic heterocycles. The first-order chi connectivity index (χ1) is 16.5. The number of nitrogens with two attached hydrogens (primary N) is 2. The van der Waals surface area contributed by atoms with Crippen LogP contribution in [-0.2, 0) is 0 Å². The maximum Gasteiger partial charge on any atom is 0.0961 e. The number of azide groups is 1. The van der Waals surface area contributed by atoms with Gasteiger partial charge >= 0.3 is 0 Å². The summed E-state index contributed by atoms with van der Waals surface area (Å²) in [4.78, 5) is 2.81. The molecule has 0 aromatic heterocycles. The number of nitrogens with one attached hydrogen (secondary N) is 2. The van der Waals surface area contributed by atoms with Gasteiger partial charge in [0.15, 0.2) is 0 Å². The molecule has 0 amide bonds. The second-order valence-corrected chi connectivity index (χ2v) is 7.66. The topological polar surface area (TPSA) is 186 Å². The smallest absolute Gasteiger partial charge is 0.0961 e. The van der Waals surface area contributed by atoms with Crippen LogP contribution in [-0.4, -0.2) is 24.7 Å². The Balaban J connectivity index is 2.45. The zero-order chi connectivity index (χ0) is 24.7. The maximum atomic E-state index is 8.82. The van der Waals surface area contributed by atoms with E-state index >= 15 is 0 Å². The van der Waals surface area contributed by atoms with Crippen molar-refractivity contribution in [2.75, 3.05) is 6.54 Å². The van der Waals surface area contributed by atoms with Crippen molar-refractivity contribution in [3.8, 4) is 0 Å². The molecule has 170 valence electrons. The van der Waals surface area contributed by atoms with Gasteiger partial charge in [-0.05, 0) is 64.2 Å². The van der Waals surface area contributed by atoms with E-state index in [0.29, 0.717) is 60.4 Å². The van der Waals surface area contributed by atoms with Crippen LogP contribution in [0.5, 0.6) is 0 Å². The minimum absolute atomic E-state index is 0.0354. The molecule has 6 N–H and O–H groups in total. The predicted octanol–water partition coefficient (Wildman–Crippen LogP) is 5.89. The molecule has 0 atom stereocenters. The number of rotatable bonds is 7. The van der Waals surface area contributed by atoms with E-state index in [1.165, 1.54) is 0 Å². The number of halogens is 2. The van der Waals surface area contributed by atoms with Gasteiger partial charge in [0, 0.05) is 44.1 Å². The molecular formula is C22H18Cl2N10. The number of allylic oxidation sites excluding steroid dienone is 4. The molecule has 0 saturated carbocycles. The summed E-state index contributed by atoms with van der Waals surface area (Å²) in [7, 11) is 0. The first kappa shape index (κ1) is 24.4. The van der Waals surface area contributed by atoms with Gasteiger partial charge in [-0.25, -0.2) is 0 Å². The molecule has 1 aliphatic rings. The third kappa shape index (κ3) is 4.89. The SMILES string of the molecule is [N-]=[N+]=NCC1=C/C(=C(/c2ccc(N=NN)c(C=N)c2)c2c(Cl)cccc2Cl)C=C(C=N)C1=NN. The molecule has 2 aromatic rings. The zero-order valence-corrected chi connectivity index (χ0v) is 19.1. The Morgan fingerprint density at radius 2 is 1.79 bits per heavy atom. The monoisotopic (exact) mass is 492 g/mol. The van der Waals surface area contributed by atoms with E-state index in [9.17, 15) is 0 Å². The van der Waals surface area contributed by atoms with Crippen molar-refractivity contribution < 1.29 is 0 Å². The lowest BCUT2D eigenvalue weighted by Crippen LogP contribution is -2.17. The molecule has 10 nitrogen and oxygen atoms in total. The van der Waals surface area contributed by atoms with Crippen molar-refractivity contribution in [3.63, 3.8) is 0 Å². The van der Waals surface area contributed by atoms with Crippen LogP contribution < -0.4 is 11.7 Å². The van der Waals surface area contributed by atoms with Gasteiger partial charge in [0.2, 0.25) is 0 Å². The van der Waals surface area contributed by atoms with Crippen molar-refractivity contribution in [2.45, 2.75) is 0 Å². The van der Waals surface area contributed by atoms with Crippen molar-refractivity contribution in [1.29, 1.82) is 10.8 Å². The molecule has 0 spiro atoms. The second kappa shape index (κ2) is 11.1. The fourth-order valence-corrected chi connectivity index (χ4v) is 4.12. The van der Waals surface area contributed by atoms with E-state index in [0.717, 1.165) is 12.4 Å². The molecule has 0 saturated heterocycles. The van der Waals surface area contributed by atoms with Crippen molar-refractivity contribution in [2.24, 2.45) is 32.2 Å². The Labute approximate surface area is 204 Å². The molecule has 34 heavy (non-hydrogen) atoms. The van der Waals surface area contributed by atoms with Gasteiger partial charge in [0.1, 0.15) is 0 Å². The van der Waals surface area contributed by atoms with Crippen LogP contribution in [0.1, 0.15) is 16.7 Å². The van der Waals surface area contributed by atoms with E-state index in [1.54, 1.807) is 48.6 Å². The molecular weight excluding hydrogens is 475 g/mol. The Kier molecular flexibility index (Phi) is 7.94. The van der Waals surface area contributed by atoms with E-state index in [2.05, 4.69) is 25.5 Å². The van der Waals surface area contributed by atoms with E-state index < -0.39 is 0 Å². The highest BCUT2D eigenvalue weighted by Crippen LogP contribution is 2.40. The highest BCUT2D eigenvalue weighted by molar-refractivity contribution is 6.38. The van der Waals surface area contributed by atoms with Crippen LogP contribution in [0.4, 0.5) is 5.69 Å². The Morgan fingerprint density at radius 3 is 2.38 bits per heavy atom. The van der Waals surface area contributed by atoms with Crippen LogP contribution in [0, 0.1) is 10.8 Å². The summed E-state index contributed by atoms with van der Waals surface area (Å²) in [6, 6.07) is 10.3. The molecule has 1 aliphatic carbocycles. The van der Waals surface area contributed by atoms with Crippen LogP contribution >= 0.6 is 23.2 Å². The predicted molar refractivity (Wildman–Crippen MR) is 136 cm³/mol. The molecule has 0 fully saturated rings. The minimum Gasteiger partial charge on any atom is -0.323 e. The Hall–Kier alpha value is -4.24. The summed E-state index contributed by atoms with van der Waals surface area (Å²) in [5, 5.41) is 31.0. The van der Waals surface area contributed by atoms with Crippen LogP contribution in [0.2, 0.25) is 10.0 Å². The lowest BCUT2D eigenvalue weighted by atomic mass is 9.85. The zero-order valence-electron chi connectivity index (χ0n) is 17.6. The van der Waals surface area contributed by atoms with Gasteiger partial charge in [-0.3, -0.25) is 0 Å². The summed E-state index contributed by atoms with van der Waals surface area (Å²) >= 11 is 13.2. The molecule has 2 aromatic carbocycles. The van der Waals surface area contributed by atoms with Gasteiger partial charge in [-0.2, -0.15) is 5.10 Å². The van der Waals surface area contributed by atoms with Gasteiger partial charge < -0.3 is 22.5 Å². The lowest BCUT2D eigenvalue weighted by molar-refractivity contribution is 1.06. The average Bonchev–Trinajstić information content (AvgIpc) is 2.85. The van der Waals surface area contributed by atoms with Crippen molar-refractivity contribution in [3.05, 3.63) is 102 Å². The molecule has 0 heterocycles. The second-order valence-electron chi connectivity index (χ2n) is 6.84. The number of hydrazone groups is 1. The van der Waals surface area contributed by atoms with E-state index in [4.69, 9.17) is 51.2 Å². The molecule has 0 bridgehead atoms. The standard InChI is InChI=1S/C22H18Cl2N10/c23-17-2-1-3-18(24)21(17)20(12-4-5-19(32-34-29)14(6-12)9-25)13-7-15(10-26)22(31-27)16(8-13)11-30-33-28/h1-10,25-26H,11,27H2,(H2,29,32)/b20-13-,25-9?,26-10?,31-22?. The normalized spacial score (nSPS) is 16.0. The van der Waals surface area contributed by atoms with E-state index in [-0.39, 0.29) is 6.54 Å². The van der Waals surface area contributed by atoms with Crippen LogP contribution in [0.3, 0.4) is 0 Å². The summed E-state index contributed by atoms with van der Waals surface area (Å²) in [6.07, 6.45) is 5.70. The van der Waals surface area contributed by atoms with Gasteiger partial charge in [-0.1, -0.05) is 45.7 Å². The van der Waals surface area contributed by atoms with Crippen LogP contribution in [0.25, 0.3) is 16.0 Å². The maximum absolute atomic E-state index is 8.82. The van der Waals surface area contributed by atoms with E-state index in [1.807, 2.05) is 0 Å². The first-order valence-corrected chi connectivity index (χ1v) is 10.4. The van der Waals surface area contributed by atoms with Gasteiger partial charge in [0.25, 0.3) is 0 Å². The quantitative estimate of drug-likeness (QED) is 0.0936. The van der Waals surface area contributed by atoms with Crippen LogP contribution in [0.15, 0.2) is 85.8 Å². The third-order valence-electron chi connectivity index (χ3n) is 4.95. The number of hydrogen-bond acceptors (Lipinski definition) is 7. The minimum atomic E-state index is -0.0354. The fourth-order valence-electron chi connectivity index (χ4n) is 3.53. The average molecular weight is 493 g/mol. The largest absolute Gasteiger partial charge is 0.323 e. The lowest BCUT2D eigenvalue weighted by Gasteiger charge is -2.21. The van der Waals surface area contributed by atoms with Gasteiger partial charge in [-0.15, -0.1) is 5.11 Å². The fraction of sp³-hybridized carbons (Fsp3) is 0.0455. The highest BCUT2D eigenvalue weighted by atomic mass is 35.5. The highest BCUT2D eigenvalue weighted by Gasteiger charge is 2.22. The molecule has 0 radical (unpaired) electrons. The van der Waals surface area contributed by atoms with Crippen molar-refractivity contribution in [1.82, 2.24) is 0 Å². The Morgan fingerprint density at radius 1 is 1.06 bits per heavy atom. The summed E-state index contributed by atoms with van der Waals surface area (Å²) in [5.41, 5.74) is 13.4. The number of benzene rings is 2. The van der Waals surface area contributed by atoms with Crippen molar-refractivity contribution >= 4 is 52.6 Å². The molecule has 3 rings (SSSR count). The summed E-state index contributed by atoms with van der Waals surface area (Å²) in [5.74, 6) is 10.7. The first-order valence-electron chi connectivity index (χ1n) is 9.65. The molecule has 12 heteroatoms. The third-order valence-corrected chi connectivity index (χ3v) is 5.58. The molecule has 0 unspecified atom stereocenters. The van der Waals surface area contributed by atoms with Gasteiger partial charge in [0.05, 0.1) is 17.9 Å².